The molecule has 0 atom stereocenters. The molecule has 2 aromatic carbocycles. The van der Waals surface area contributed by atoms with Crippen molar-refractivity contribution in [3.05, 3.63) is 82.9 Å². The van der Waals surface area contributed by atoms with Gasteiger partial charge in [0.15, 0.2) is 5.78 Å². The molecule has 0 N–H and O–H groups in total. The number of likely N-dealkylation sites (tertiary alicyclic amines) is 1. The maximum absolute atomic E-state index is 14.2. The maximum atomic E-state index is 14.2. The van der Waals surface area contributed by atoms with Crippen LogP contribution in [0.3, 0.4) is 0 Å². The Hall–Kier alpha value is -2.85. The molecule has 32 heavy (non-hydrogen) atoms. The number of benzene rings is 2. The third kappa shape index (κ3) is 4.97. The molecular formula is C28H37N3O. The van der Waals surface area contributed by atoms with Gasteiger partial charge in [0.1, 0.15) is 0 Å². The normalized spacial score (nSPS) is 17.8. The fourth-order valence-electron chi connectivity index (χ4n) is 4.65. The molecule has 4 nitrogen and oxygen atoms in total. The van der Waals surface area contributed by atoms with E-state index in [0.29, 0.717) is 13.1 Å². The first kappa shape index (κ1) is 23.8. The van der Waals surface area contributed by atoms with Crippen molar-refractivity contribution in [2.45, 2.75) is 27.7 Å². The fourth-order valence-corrected chi connectivity index (χ4v) is 4.65. The van der Waals surface area contributed by atoms with Gasteiger partial charge in [0.25, 0.3) is 0 Å². The molecule has 2 aromatic rings. The van der Waals surface area contributed by atoms with E-state index < -0.39 is 0 Å². The Bertz CT molecular complexity index is 877. The molecule has 1 aliphatic heterocycles. The molecule has 0 bridgehead atoms. The highest BCUT2D eigenvalue weighted by Gasteiger charge is 2.32. The molecule has 0 radical (unpaired) electrons. The summed E-state index contributed by atoms with van der Waals surface area (Å²) in [7, 11) is 2.11. The van der Waals surface area contributed by atoms with Crippen molar-refractivity contribution in [3.8, 4) is 0 Å². The molecule has 0 aliphatic carbocycles. The SMILES string of the molecule is CCN(CC)C(=C1CN(C)CC(=C(c2ccccc2)N(CC)CC)C1=O)c1ccccc1. The second kappa shape index (κ2) is 11.1. The number of carbonyl (C=O) groups is 1. The van der Waals surface area contributed by atoms with Gasteiger partial charge in [-0.3, -0.25) is 9.69 Å². The third-order valence-electron chi connectivity index (χ3n) is 6.23. The molecule has 0 unspecified atom stereocenters. The third-order valence-corrected chi connectivity index (χ3v) is 6.23. The van der Waals surface area contributed by atoms with E-state index in [1.54, 1.807) is 0 Å². The van der Waals surface area contributed by atoms with E-state index in [2.05, 4.69) is 98.0 Å². The van der Waals surface area contributed by atoms with Gasteiger partial charge in [-0.25, -0.2) is 0 Å². The lowest BCUT2D eigenvalue weighted by Gasteiger charge is -2.35. The molecule has 0 aromatic heterocycles. The summed E-state index contributed by atoms with van der Waals surface area (Å²) in [6.45, 7) is 13.4. The maximum Gasteiger partial charge on any atom is 0.191 e. The van der Waals surface area contributed by atoms with Gasteiger partial charge in [-0.05, 0) is 45.9 Å². The summed E-state index contributed by atoms with van der Waals surface area (Å²) < 4.78 is 0. The average Bonchev–Trinajstić information content (AvgIpc) is 2.83. The molecule has 3 rings (SSSR count). The van der Waals surface area contributed by atoms with Crippen LogP contribution >= 0.6 is 0 Å². The lowest BCUT2D eigenvalue weighted by Crippen LogP contribution is -2.39. The van der Waals surface area contributed by atoms with Crippen LogP contribution in [0.15, 0.2) is 71.8 Å². The van der Waals surface area contributed by atoms with Gasteiger partial charge >= 0.3 is 0 Å². The molecule has 1 aliphatic rings. The van der Waals surface area contributed by atoms with Crippen LogP contribution < -0.4 is 0 Å². The largest absolute Gasteiger partial charge is 0.371 e. The summed E-state index contributed by atoms with van der Waals surface area (Å²) in [4.78, 5) is 21.1. The predicted octanol–water partition coefficient (Wildman–Crippen LogP) is 5.01. The van der Waals surface area contributed by atoms with Crippen molar-refractivity contribution in [3.63, 3.8) is 0 Å². The van der Waals surface area contributed by atoms with E-state index in [9.17, 15) is 4.79 Å². The number of hydrogen-bond acceptors (Lipinski definition) is 4. The lowest BCUT2D eigenvalue weighted by atomic mass is 9.90. The van der Waals surface area contributed by atoms with E-state index >= 15 is 0 Å². The molecular weight excluding hydrogens is 394 g/mol. The van der Waals surface area contributed by atoms with Crippen LogP contribution in [0.4, 0.5) is 0 Å². The highest BCUT2D eigenvalue weighted by molar-refractivity contribution is 6.17. The summed E-state index contributed by atoms with van der Waals surface area (Å²) in [5.41, 5.74) is 6.14. The number of hydrogen-bond donors (Lipinski definition) is 0. The zero-order chi connectivity index (χ0) is 23.1. The Kier molecular flexibility index (Phi) is 8.29. The minimum atomic E-state index is 0.180. The lowest BCUT2D eigenvalue weighted by molar-refractivity contribution is -0.113. The monoisotopic (exact) mass is 431 g/mol. The molecule has 0 spiro atoms. The number of ketones is 1. The average molecular weight is 432 g/mol. The van der Waals surface area contributed by atoms with Crippen LogP contribution in [-0.4, -0.2) is 66.8 Å². The molecule has 1 heterocycles. The molecule has 4 heteroatoms. The summed E-state index contributed by atoms with van der Waals surface area (Å²) >= 11 is 0. The number of likely N-dealkylation sites (N-methyl/N-ethyl adjacent to an activating group) is 1. The summed E-state index contributed by atoms with van der Waals surface area (Å²) in [6.07, 6.45) is 0. The Morgan fingerprint density at radius 1 is 0.688 bits per heavy atom. The van der Waals surface area contributed by atoms with Crippen molar-refractivity contribution in [2.24, 2.45) is 0 Å². The smallest absolute Gasteiger partial charge is 0.191 e. The Morgan fingerprint density at radius 3 is 1.34 bits per heavy atom. The minimum Gasteiger partial charge on any atom is -0.371 e. The van der Waals surface area contributed by atoms with Crippen LogP contribution in [0.2, 0.25) is 0 Å². The Balaban J connectivity index is 2.28. The first-order chi connectivity index (χ1) is 15.5. The van der Waals surface area contributed by atoms with Crippen LogP contribution in [0.1, 0.15) is 38.8 Å². The number of rotatable bonds is 8. The van der Waals surface area contributed by atoms with E-state index in [4.69, 9.17) is 0 Å². The van der Waals surface area contributed by atoms with Crippen molar-refractivity contribution in [1.29, 1.82) is 0 Å². The van der Waals surface area contributed by atoms with Crippen molar-refractivity contribution < 1.29 is 4.79 Å². The van der Waals surface area contributed by atoms with Crippen molar-refractivity contribution in [2.75, 3.05) is 46.3 Å². The minimum absolute atomic E-state index is 0.180. The molecule has 1 fully saturated rings. The second-order valence-electron chi connectivity index (χ2n) is 8.23. The zero-order valence-corrected chi connectivity index (χ0v) is 20.3. The van der Waals surface area contributed by atoms with Crippen LogP contribution in [0.5, 0.6) is 0 Å². The summed E-state index contributed by atoms with van der Waals surface area (Å²) in [5, 5.41) is 0. The molecule has 1 saturated heterocycles. The topological polar surface area (TPSA) is 26.8 Å². The quantitative estimate of drug-likeness (QED) is 0.549. The van der Waals surface area contributed by atoms with Crippen molar-refractivity contribution >= 4 is 17.2 Å². The van der Waals surface area contributed by atoms with Crippen LogP contribution in [0, 0.1) is 0 Å². The molecule has 170 valence electrons. The zero-order valence-electron chi connectivity index (χ0n) is 20.3. The van der Waals surface area contributed by atoms with Gasteiger partial charge in [0, 0.05) is 50.4 Å². The van der Waals surface area contributed by atoms with E-state index in [1.807, 2.05) is 12.1 Å². The number of carbonyl (C=O) groups excluding carboxylic acids is 1. The summed E-state index contributed by atoms with van der Waals surface area (Å²) in [6, 6.07) is 20.8. The molecule has 0 saturated carbocycles. The first-order valence-corrected chi connectivity index (χ1v) is 11.9. The Morgan fingerprint density at radius 2 is 1.03 bits per heavy atom. The van der Waals surface area contributed by atoms with Gasteiger partial charge in [-0.1, -0.05) is 60.7 Å². The van der Waals surface area contributed by atoms with E-state index in [-0.39, 0.29) is 5.78 Å². The van der Waals surface area contributed by atoms with Gasteiger partial charge in [0.05, 0.1) is 11.4 Å². The van der Waals surface area contributed by atoms with E-state index in [0.717, 1.165) is 59.8 Å². The number of Topliss-reactive ketones (excluding diaryl/α,β-unsaturated/α-hetero) is 1. The first-order valence-electron chi connectivity index (χ1n) is 11.9. The summed E-state index contributed by atoms with van der Waals surface area (Å²) in [5.74, 6) is 0.180. The van der Waals surface area contributed by atoms with Crippen molar-refractivity contribution in [1.82, 2.24) is 14.7 Å². The second-order valence-corrected chi connectivity index (χ2v) is 8.23. The number of nitrogens with zero attached hydrogens (tertiary/aromatic N) is 3. The highest BCUT2D eigenvalue weighted by Crippen LogP contribution is 2.33. The Labute approximate surface area is 193 Å². The van der Waals surface area contributed by atoms with Gasteiger partial charge in [0.2, 0.25) is 0 Å². The highest BCUT2D eigenvalue weighted by atomic mass is 16.1. The standard InChI is InChI=1S/C28H37N3O/c1-6-30(7-2)26(22-16-12-10-13-17-22)24-20-29(5)21-25(28(24)32)27(31(8-3)9-4)23-18-14-11-15-19-23/h10-19H,6-9,20-21H2,1-5H3. The van der Waals surface area contributed by atoms with Crippen LogP contribution in [-0.2, 0) is 4.79 Å². The van der Waals surface area contributed by atoms with Gasteiger partial charge < -0.3 is 9.80 Å². The van der Waals surface area contributed by atoms with Crippen LogP contribution in [0.25, 0.3) is 11.4 Å². The number of piperidine rings is 1. The predicted molar refractivity (Wildman–Crippen MR) is 135 cm³/mol. The van der Waals surface area contributed by atoms with Gasteiger partial charge in [-0.15, -0.1) is 0 Å². The molecule has 0 amide bonds. The van der Waals surface area contributed by atoms with E-state index in [1.165, 1.54) is 0 Å². The fraction of sp³-hybridized carbons (Fsp3) is 0.393. The van der Waals surface area contributed by atoms with Gasteiger partial charge in [-0.2, -0.15) is 0 Å².